The van der Waals surface area contributed by atoms with Crippen LogP contribution in [-0.2, 0) is 4.74 Å². The number of nitrogens with one attached hydrogen (secondary N) is 1. The number of nitrogens with zero attached hydrogens (tertiary/aromatic N) is 4. The molecule has 3 rings (SSSR count). The molecule has 1 amide bonds. The zero-order chi connectivity index (χ0) is 18.5. The molecule has 0 atom stereocenters. The van der Waals surface area contributed by atoms with E-state index in [1.54, 1.807) is 24.3 Å². The minimum atomic E-state index is -0.421. The van der Waals surface area contributed by atoms with E-state index in [0.29, 0.717) is 22.8 Å². The van der Waals surface area contributed by atoms with Crippen molar-refractivity contribution in [1.82, 2.24) is 14.9 Å². The fourth-order valence-corrected chi connectivity index (χ4v) is 2.62. The number of piperazine rings is 1. The van der Waals surface area contributed by atoms with Gasteiger partial charge in [0.15, 0.2) is 0 Å². The molecule has 8 heteroatoms. The average molecular weight is 355 g/mol. The third-order valence-electron chi connectivity index (χ3n) is 4.25. The van der Waals surface area contributed by atoms with Crippen molar-refractivity contribution in [3.05, 3.63) is 47.8 Å². The van der Waals surface area contributed by atoms with Gasteiger partial charge in [-0.25, -0.2) is 14.8 Å². The fraction of sp³-hybridized carbons (Fsp3) is 0.333. The van der Waals surface area contributed by atoms with Gasteiger partial charge in [0.05, 0.1) is 18.2 Å². The lowest BCUT2D eigenvalue weighted by Crippen LogP contribution is -2.45. The zero-order valence-corrected chi connectivity index (χ0v) is 14.8. The number of carbonyl (C=O) groups is 2. The van der Waals surface area contributed by atoms with Crippen LogP contribution in [0.4, 0.5) is 11.6 Å². The van der Waals surface area contributed by atoms with E-state index in [4.69, 9.17) is 0 Å². The molecule has 136 valence electrons. The van der Waals surface area contributed by atoms with E-state index >= 15 is 0 Å². The summed E-state index contributed by atoms with van der Waals surface area (Å²) < 4.78 is 4.64. The maximum absolute atomic E-state index is 12.3. The first-order chi connectivity index (χ1) is 12.6. The number of rotatable bonds is 4. The molecule has 1 fully saturated rings. The normalized spacial score (nSPS) is 14.8. The Morgan fingerprint density at radius 3 is 2.19 bits per heavy atom. The molecule has 1 saturated heterocycles. The molecule has 2 heterocycles. The summed E-state index contributed by atoms with van der Waals surface area (Å²) in [5, 5.41) is 2.76. The zero-order valence-electron chi connectivity index (χ0n) is 14.8. The highest BCUT2D eigenvalue weighted by Gasteiger charge is 2.17. The van der Waals surface area contributed by atoms with Crippen LogP contribution in [0.3, 0.4) is 0 Å². The number of aromatic nitrogens is 2. The number of ether oxygens (including phenoxy) is 1. The molecular formula is C18H21N5O3. The first-order valence-corrected chi connectivity index (χ1v) is 8.32. The molecule has 1 aromatic carbocycles. The highest BCUT2D eigenvalue weighted by molar-refractivity contribution is 6.04. The van der Waals surface area contributed by atoms with Crippen molar-refractivity contribution in [2.75, 3.05) is 50.6 Å². The summed E-state index contributed by atoms with van der Waals surface area (Å²) in [5.74, 6) is -0.0893. The van der Waals surface area contributed by atoms with Gasteiger partial charge in [-0.1, -0.05) is 0 Å². The minimum Gasteiger partial charge on any atom is -0.465 e. The Bertz CT molecular complexity index is 768. The van der Waals surface area contributed by atoms with Crippen LogP contribution < -0.4 is 10.2 Å². The van der Waals surface area contributed by atoms with Crippen LogP contribution in [-0.4, -0.2) is 67.1 Å². The van der Waals surface area contributed by atoms with Crippen LogP contribution in [0.15, 0.2) is 36.7 Å². The topological polar surface area (TPSA) is 87.7 Å². The molecule has 1 aromatic heterocycles. The summed E-state index contributed by atoms with van der Waals surface area (Å²) in [6.07, 6.45) is 3.05. The number of esters is 1. The third kappa shape index (κ3) is 4.15. The standard InChI is InChI=1S/C18H21N5O3/c1-22-7-9-23(10-8-22)18-19-11-14(12-20-18)16(24)21-15-5-3-13(4-6-15)17(25)26-2/h3-6,11-12H,7-10H2,1-2H3,(H,21,24). The fourth-order valence-electron chi connectivity index (χ4n) is 2.62. The predicted octanol–water partition coefficient (Wildman–Crippen LogP) is 1.27. The third-order valence-corrected chi connectivity index (χ3v) is 4.25. The van der Waals surface area contributed by atoms with Crippen LogP contribution in [0.25, 0.3) is 0 Å². The van der Waals surface area contributed by atoms with Gasteiger partial charge in [-0.2, -0.15) is 0 Å². The summed E-state index contributed by atoms with van der Waals surface area (Å²) in [7, 11) is 3.41. The van der Waals surface area contributed by atoms with Crippen molar-refractivity contribution >= 4 is 23.5 Å². The summed E-state index contributed by atoms with van der Waals surface area (Å²) >= 11 is 0. The summed E-state index contributed by atoms with van der Waals surface area (Å²) in [4.78, 5) is 36.7. The number of methoxy groups -OCH3 is 1. The van der Waals surface area contributed by atoms with Gasteiger partial charge in [-0.3, -0.25) is 4.79 Å². The Labute approximate surface area is 151 Å². The summed E-state index contributed by atoms with van der Waals surface area (Å²) in [5.41, 5.74) is 1.37. The Hall–Kier alpha value is -3.00. The molecule has 2 aromatic rings. The van der Waals surface area contributed by atoms with Crippen LogP contribution in [0.5, 0.6) is 0 Å². The average Bonchev–Trinajstić information content (AvgIpc) is 2.68. The lowest BCUT2D eigenvalue weighted by Gasteiger charge is -2.32. The van der Waals surface area contributed by atoms with Crippen LogP contribution in [0.1, 0.15) is 20.7 Å². The molecule has 0 radical (unpaired) electrons. The Kier molecular flexibility index (Phi) is 5.43. The van der Waals surface area contributed by atoms with Crippen molar-refractivity contribution in [3.63, 3.8) is 0 Å². The maximum atomic E-state index is 12.3. The van der Waals surface area contributed by atoms with Gasteiger partial charge < -0.3 is 19.9 Å². The molecule has 0 saturated carbocycles. The van der Waals surface area contributed by atoms with Gasteiger partial charge in [0, 0.05) is 44.3 Å². The van der Waals surface area contributed by atoms with Crippen molar-refractivity contribution in [2.45, 2.75) is 0 Å². The number of hydrogen-bond acceptors (Lipinski definition) is 7. The smallest absolute Gasteiger partial charge is 0.337 e. The summed E-state index contributed by atoms with van der Waals surface area (Å²) in [6.45, 7) is 3.67. The lowest BCUT2D eigenvalue weighted by molar-refractivity contribution is 0.0600. The maximum Gasteiger partial charge on any atom is 0.337 e. The first-order valence-electron chi connectivity index (χ1n) is 8.32. The Morgan fingerprint density at radius 2 is 1.62 bits per heavy atom. The van der Waals surface area contributed by atoms with Crippen molar-refractivity contribution in [1.29, 1.82) is 0 Å². The second kappa shape index (κ2) is 7.92. The lowest BCUT2D eigenvalue weighted by atomic mass is 10.2. The highest BCUT2D eigenvalue weighted by Crippen LogP contribution is 2.13. The first kappa shape index (κ1) is 17.8. The van der Waals surface area contributed by atoms with E-state index in [1.807, 2.05) is 0 Å². The number of benzene rings is 1. The van der Waals surface area contributed by atoms with E-state index in [0.717, 1.165) is 26.2 Å². The number of anilines is 2. The molecule has 0 spiro atoms. The Balaban J connectivity index is 1.62. The number of hydrogen-bond donors (Lipinski definition) is 1. The van der Waals surface area contributed by atoms with E-state index in [9.17, 15) is 9.59 Å². The van der Waals surface area contributed by atoms with E-state index < -0.39 is 5.97 Å². The number of carbonyl (C=O) groups excluding carboxylic acids is 2. The number of likely N-dealkylation sites (N-methyl/N-ethyl adjacent to an activating group) is 1. The second-order valence-corrected chi connectivity index (χ2v) is 6.09. The minimum absolute atomic E-state index is 0.305. The van der Waals surface area contributed by atoms with Crippen LogP contribution >= 0.6 is 0 Å². The molecular weight excluding hydrogens is 334 g/mol. The van der Waals surface area contributed by atoms with Gasteiger partial charge in [0.2, 0.25) is 5.95 Å². The number of amides is 1. The van der Waals surface area contributed by atoms with Crippen LogP contribution in [0, 0.1) is 0 Å². The molecule has 1 aliphatic rings. The monoisotopic (exact) mass is 355 g/mol. The van der Waals surface area contributed by atoms with Crippen molar-refractivity contribution < 1.29 is 14.3 Å². The van der Waals surface area contributed by atoms with Gasteiger partial charge in [-0.05, 0) is 31.3 Å². The second-order valence-electron chi connectivity index (χ2n) is 6.09. The Morgan fingerprint density at radius 1 is 1.00 bits per heavy atom. The molecule has 0 aliphatic carbocycles. The largest absolute Gasteiger partial charge is 0.465 e. The van der Waals surface area contributed by atoms with Crippen LogP contribution in [0.2, 0.25) is 0 Å². The molecule has 8 nitrogen and oxygen atoms in total. The SMILES string of the molecule is COC(=O)c1ccc(NC(=O)c2cnc(N3CCN(C)CC3)nc2)cc1. The van der Waals surface area contributed by atoms with Gasteiger partial charge in [0.1, 0.15) is 0 Å². The quantitative estimate of drug-likeness (QED) is 0.826. The van der Waals surface area contributed by atoms with E-state index in [-0.39, 0.29) is 5.91 Å². The van der Waals surface area contributed by atoms with Crippen molar-refractivity contribution in [2.24, 2.45) is 0 Å². The van der Waals surface area contributed by atoms with Crippen molar-refractivity contribution in [3.8, 4) is 0 Å². The van der Waals surface area contributed by atoms with Gasteiger partial charge in [0.25, 0.3) is 5.91 Å². The predicted molar refractivity (Wildman–Crippen MR) is 97.5 cm³/mol. The summed E-state index contributed by atoms with van der Waals surface area (Å²) in [6, 6.07) is 6.47. The highest BCUT2D eigenvalue weighted by atomic mass is 16.5. The van der Waals surface area contributed by atoms with E-state index in [1.165, 1.54) is 19.5 Å². The molecule has 26 heavy (non-hydrogen) atoms. The molecule has 0 unspecified atom stereocenters. The van der Waals surface area contributed by atoms with Gasteiger partial charge >= 0.3 is 5.97 Å². The van der Waals surface area contributed by atoms with E-state index in [2.05, 4.69) is 36.9 Å². The molecule has 1 N–H and O–H groups in total. The molecule has 0 bridgehead atoms. The molecule has 1 aliphatic heterocycles. The van der Waals surface area contributed by atoms with Gasteiger partial charge in [-0.15, -0.1) is 0 Å².